The van der Waals surface area contributed by atoms with E-state index in [1.54, 1.807) is 17.8 Å². The van der Waals surface area contributed by atoms with Gasteiger partial charge in [-0.05, 0) is 43.0 Å². The van der Waals surface area contributed by atoms with E-state index >= 15 is 0 Å². The molecule has 0 spiro atoms. The molecule has 1 N–H and O–H groups in total. The molecule has 96 valence electrons. The van der Waals surface area contributed by atoms with Crippen LogP contribution in [0.25, 0.3) is 0 Å². The zero-order valence-electron chi connectivity index (χ0n) is 9.90. The lowest BCUT2D eigenvalue weighted by Gasteiger charge is -2.13. The number of hydrogen-bond acceptors (Lipinski definition) is 2. The highest BCUT2D eigenvalue weighted by atomic mass is 32.2. The first-order valence-corrected chi connectivity index (χ1v) is 6.75. The molecule has 0 saturated carbocycles. The largest absolute Gasteiger partial charge is 0.416 e. The fourth-order valence-electron chi connectivity index (χ4n) is 1.49. The molecule has 1 rings (SSSR count). The summed E-state index contributed by atoms with van der Waals surface area (Å²) in [6.07, 6.45) is -1.33. The van der Waals surface area contributed by atoms with E-state index in [1.807, 2.05) is 6.26 Å². The minimum absolute atomic E-state index is 0.257. The van der Waals surface area contributed by atoms with Gasteiger partial charge in [-0.1, -0.05) is 6.07 Å². The Bertz CT molecular complexity index is 363. The van der Waals surface area contributed by atoms with Crippen LogP contribution in [0.3, 0.4) is 0 Å². The van der Waals surface area contributed by atoms with Crippen LogP contribution in [0.2, 0.25) is 0 Å². The first kappa shape index (κ1) is 14.2. The number of thioether (sulfide) groups is 1. The number of rotatable bonds is 5. The summed E-state index contributed by atoms with van der Waals surface area (Å²) in [4.78, 5) is 0. The Morgan fingerprint density at radius 1 is 1.29 bits per heavy atom. The molecule has 0 bridgehead atoms. The van der Waals surface area contributed by atoms with Crippen molar-refractivity contribution in [2.45, 2.75) is 19.5 Å². The number of nitrogens with one attached hydrogen (secondary N) is 1. The molecule has 0 aliphatic carbocycles. The molecule has 0 saturated heterocycles. The number of alkyl halides is 3. The van der Waals surface area contributed by atoms with Gasteiger partial charge < -0.3 is 5.32 Å². The topological polar surface area (TPSA) is 12.0 Å². The van der Waals surface area contributed by atoms with E-state index in [0.29, 0.717) is 12.2 Å². The molecule has 0 heterocycles. The standard InChI is InChI=1S/C12H16F3NS/c1-9-4-5-10(16-6-3-7-17-2)8-11(9)12(13,14)15/h4-5,8,16H,3,6-7H2,1-2H3. The van der Waals surface area contributed by atoms with E-state index in [4.69, 9.17) is 0 Å². The Kier molecular flexibility index (Phi) is 5.18. The summed E-state index contributed by atoms with van der Waals surface area (Å²) in [5, 5.41) is 3.01. The second kappa shape index (κ2) is 6.19. The molecule has 0 unspecified atom stereocenters. The summed E-state index contributed by atoms with van der Waals surface area (Å²) < 4.78 is 37.9. The van der Waals surface area contributed by atoms with Crippen LogP contribution < -0.4 is 5.32 Å². The lowest BCUT2D eigenvalue weighted by molar-refractivity contribution is -0.138. The van der Waals surface area contributed by atoms with Crippen molar-refractivity contribution < 1.29 is 13.2 Å². The summed E-state index contributed by atoms with van der Waals surface area (Å²) in [5.74, 6) is 1.00. The Labute approximate surface area is 104 Å². The highest BCUT2D eigenvalue weighted by Crippen LogP contribution is 2.33. The first-order chi connectivity index (χ1) is 7.95. The predicted molar refractivity (Wildman–Crippen MR) is 67.7 cm³/mol. The average Bonchev–Trinajstić information content (AvgIpc) is 2.25. The molecule has 0 fully saturated rings. The molecule has 0 atom stereocenters. The van der Waals surface area contributed by atoms with Crippen molar-refractivity contribution in [1.82, 2.24) is 0 Å². The molecule has 1 aromatic carbocycles. The van der Waals surface area contributed by atoms with Crippen molar-refractivity contribution in [3.8, 4) is 0 Å². The maximum Gasteiger partial charge on any atom is 0.416 e. The van der Waals surface area contributed by atoms with Gasteiger partial charge in [0.25, 0.3) is 0 Å². The van der Waals surface area contributed by atoms with E-state index < -0.39 is 11.7 Å². The Morgan fingerprint density at radius 3 is 2.59 bits per heavy atom. The number of halogens is 3. The van der Waals surface area contributed by atoms with E-state index in [1.165, 1.54) is 19.1 Å². The minimum Gasteiger partial charge on any atom is -0.385 e. The number of benzene rings is 1. The summed E-state index contributed by atoms with van der Waals surface area (Å²) in [5.41, 5.74) is 0.226. The number of aryl methyl sites for hydroxylation is 1. The molecule has 0 aliphatic rings. The second-order valence-corrected chi connectivity index (χ2v) is 4.79. The molecular formula is C12H16F3NS. The van der Waals surface area contributed by atoms with Gasteiger partial charge in [0.2, 0.25) is 0 Å². The molecule has 0 aliphatic heterocycles. The second-order valence-electron chi connectivity index (χ2n) is 3.80. The third-order valence-corrected chi connectivity index (χ3v) is 3.09. The van der Waals surface area contributed by atoms with Crippen LogP contribution in [0.1, 0.15) is 17.5 Å². The third-order valence-electron chi connectivity index (χ3n) is 2.40. The highest BCUT2D eigenvalue weighted by molar-refractivity contribution is 7.98. The maximum absolute atomic E-state index is 12.6. The van der Waals surface area contributed by atoms with Crippen molar-refractivity contribution in [3.63, 3.8) is 0 Å². The van der Waals surface area contributed by atoms with Gasteiger partial charge in [-0.25, -0.2) is 0 Å². The van der Waals surface area contributed by atoms with E-state index in [-0.39, 0.29) is 5.56 Å². The SMILES string of the molecule is CSCCCNc1ccc(C)c(C(F)(F)F)c1. The fourth-order valence-corrected chi connectivity index (χ4v) is 1.92. The van der Waals surface area contributed by atoms with Crippen molar-refractivity contribution in [3.05, 3.63) is 29.3 Å². The summed E-state index contributed by atoms with van der Waals surface area (Å²) in [6, 6.07) is 4.36. The van der Waals surface area contributed by atoms with Crippen molar-refractivity contribution in [2.75, 3.05) is 23.9 Å². The van der Waals surface area contributed by atoms with Gasteiger partial charge in [-0.15, -0.1) is 0 Å². The van der Waals surface area contributed by atoms with Crippen LogP contribution in [0.4, 0.5) is 18.9 Å². The van der Waals surface area contributed by atoms with Crippen molar-refractivity contribution in [2.24, 2.45) is 0 Å². The van der Waals surface area contributed by atoms with Crippen LogP contribution in [0.5, 0.6) is 0 Å². The Morgan fingerprint density at radius 2 is 2.00 bits per heavy atom. The lowest BCUT2D eigenvalue weighted by atomic mass is 10.1. The Balaban J connectivity index is 2.69. The van der Waals surface area contributed by atoms with Crippen molar-refractivity contribution in [1.29, 1.82) is 0 Å². The molecule has 0 aromatic heterocycles. The molecular weight excluding hydrogens is 247 g/mol. The van der Waals surface area contributed by atoms with Gasteiger partial charge >= 0.3 is 6.18 Å². The van der Waals surface area contributed by atoms with E-state index in [9.17, 15) is 13.2 Å². The van der Waals surface area contributed by atoms with Crippen LogP contribution in [0, 0.1) is 6.92 Å². The first-order valence-electron chi connectivity index (χ1n) is 5.36. The summed E-state index contributed by atoms with van der Waals surface area (Å²) in [6.45, 7) is 2.17. The molecule has 5 heteroatoms. The third kappa shape index (κ3) is 4.50. The Hall–Kier alpha value is -0.840. The van der Waals surface area contributed by atoms with Crippen LogP contribution in [0.15, 0.2) is 18.2 Å². The molecule has 0 radical (unpaired) electrons. The lowest BCUT2D eigenvalue weighted by Crippen LogP contribution is -2.09. The van der Waals surface area contributed by atoms with Crippen LogP contribution in [-0.2, 0) is 6.18 Å². The van der Waals surface area contributed by atoms with Crippen LogP contribution in [-0.4, -0.2) is 18.6 Å². The van der Waals surface area contributed by atoms with Gasteiger partial charge in [0, 0.05) is 12.2 Å². The summed E-state index contributed by atoms with van der Waals surface area (Å²) in [7, 11) is 0. The van der Waals surface area contributed by atoms with Gasteiger partial charge in [0.1, 0.15) is 0 Å². The van der Waals surface area contributed by atoms with Gasteiger partial charge in [0.15, 0.2) is 0 Å². The van der Waals surface area contributed by atoms with E-state index in [2.05, 4.69) is 5.32 Å². The van der Waals surface area contributed by atoms with Gasteiger partial charge in [0.05, 0.1) is 5.56 Å². The maximum atomic E-state index is 12.6. The average molecular weight is 263 g/mol. The molecule has 17 heavy (non-hydrogen) atoms. The number of hydrogen-bond donors (Lipinski definition) is 1. The van der Waals surface area contributed by atoms with Crippen LogP contribution >= 0.6 is 11.8 Å². The quantitative estimate of drug-likeness (QED) is 0.800. The van der Waals surface area contributed by atoms with Gasteiger partial charge in [-0.3, -0.25) is 0 Å². The zero-order valence-corrected chi connectivity index (χ0v) is 10.7. The molecule has 1 nitrogen and oxygen atoms in total. The number of anilines is 1. The van der Waals surface area contributed by atoms with Gasteiger partial charge in [-0.2, -0.15) is 24.9 Å². The monoisotopic (exact) mass is 263 g/mol. The molecule has 1 aromatic rings. The highest BCUT2D eigenvalue weighted by Gasteiger charge is 2.32. The molecule has 0 amide bonds. The van der Waals surface area contributed by atoms with E-state index in [0.717, 1.165) is 12.2 Å². The minimum atomic E-state index is -4.28. The zero-order chi connectivity index (χ0) is 12.9. The summed E-state index contributed by atoms with van der Waals surface area (Å²) >= 11 is 1.73. The smallest absolute Gasteiger partial charge is 0.385 e. The van der Waals surface area contributed by atoms with Crippen molar-refractivity contribution >= 4 is 17.4 Å². The fraction of sp³-hybridized carbons (Fsp3) is 0.500. The normalized spacial score (nSPS) is 11.6. The predicted octanol–water partition coefficient (Wildman–Crippen LogP) is 4.18.